The van der Waals surface area contributed by atoms with Crippen molar-refractivity contribution >= 4 is 12.8 Å². The van der Waals surface area contributed by atoms with E-state index in [0.717, 1.165) is 4.58 Å². The highest BCUT2D eigenvalue weighted by Gasteiger charge is 1.96. The summed E-state index contributed by atoms with van der Waals surface area (Å²) in [7, 11) is 0. The SMILES string of the molecule is [S]N1NC=CO1. The lowest BCUT2D eigenvalue weighted by Crippen LogP contribution is -2.16. The molecule has 0 aromatic rings. The molecule has 1 N–H and O–H groups in total. The maximum Gasteiger partial charge on any atom is 0.132 e. The van der Waals surface area contributed by atoms with E-state index in [1.165, 1.54) is 6.26 Å². The third-order valence-electron chi connectivity index (χ3n) is 0.405. The molecule has 0 aromatic heterocycles. The van der Waals surface area contributed by atoms with Crippen LogP contribution in [0, 0.1) is 0 Å². The van der Waals surface area contributed by atoms with Crippen molar-refractivity contribution in [2.45, 2.75) is 0 Å². The van der Waals surface area contributed by atoms with Crippen LogP contribution in [0.25, 0.3) is 0 Å². The van der Waals surface area contributed by atoms with Gasteiger partial charge in [0.15, 0.2) is 0 Å². The van der Waals surface area contributed by atoms with Crippen LogP contribution in [0.4, 0.5) is 0 Å². The molecule has 33 valence electrons. The van der Waals surface area contributed by atoms with Crippen molar-refractivity contribution < 1.29 is 4.84 Å². The quantitative estimate of drug-likeness (QED) is 0.478. The van der Waals surface area contributed by atoms with E-state index in [1.54, 1.807) is 6.20 Å². The summed E-state index contributed by atoms with van der Waals surface area (Å²) in [6, 6.07) is 0. The fourth-order valence-electron chi connectivity index (χ4n) is 0.207. The molecule has 0 saturated heterocycles. The van der Waals surface area contributed by atoms with Gasteiger partial charge >= 0.3 is 0 Å². The molecular weight excluding hydrogens is 100 g/mol. The zero-order valence-electron chi connectivity index (χ0n) is 2.92. The molecule has 0 amide bonds. The molecule has 1 heterocycles. The second-order valence-electron chi connectivity index (χ2n) is 0.794. The number of nitrogens with one attached hydrogen (secondary N) is 1. The Hall–Kier alpha value is -0.350. The first-order valence-electron chi connectivity index (χ1n) is 1.45. The fraction of sp³-hybridized carbons (Fsp3) is 0. The van der Waals surface area contributed by atoms with Crippen LogP contribution in [0.5, 0.6) is 0 Å². The van der Waals surface area contributed by atoms with Crippen molar-refractivity contribution in [2.24, 2.45) is 0 Å². The first-order valence-corrected chi connectivity index (χ1v) is 1.81. The van der Waals surface area contributed by atoms with E-state index in [2.05, 4.69) is 23.1 Å². The average Bonchev–Trinajstić information content (AvgIpc) is 1.86. The van der Waals surface area contributed by atoms with Crippen LogP contribution in [-0.4, -0.2) is 4.58 Å². The molecular formula is C2H3N2OS. The van der Waals surface area contributed by atoms with E-state index < -0.39 is 0 Å². The monoisotopic (exact) mass is 103 g/mol. The average molecular weight is 103 g/mol. The Kier molecular flexibility index (Phi) is 0.894. The molecule has 0 spiro atoms. The van der Waals surface area contributed by atoms with Crippen molar-refractivity contribution in [2.75, 3.05) is 0 Å². The molecule has 1 rings (SSSR count). The summed E-state index contributed by atoms with van der Waals surface area (Å²) in [6.45, 7) is 0. The lowest BCUT2D eigenvalue weighted by Gasteiger charge is -1.99. The van der Waals surface area contributed by atoms with Crippen molar-refractivity contribution in [1.29, 1.82) is 0 Å². The molecule has 0 saturated carbocycles. The second kappa shape index (κ2) is 1.40. The van der Waals surface area contributed by atoms with Gasteiger partial charge in [0.05, 0.1) is 19.0 Å². The molecule has 1 aliphatic rings. The lowest BCUT2D eigenvalue weighted by atomic mass is 11.0. The maximum absolute atomic E-state index is 4.51. The summed E-state index contributed by atoms with van der Waals surface area (Å²) in [5, 5.41) is 0. The Morgan fingerprint density at radius 3 is 2.83 bits per heavy atom. The van der Waals surface area contributed by atoms with E-state index in [1.807, 2.05) is 0 Å². The minimum absolute atomic E-state index is 1.08. The van der Waals surface area contributed by atoms with Crippen LogP contribution >= 0.6 is 12.8 Å². The van der Waals surface area contributed by atoms with Crippen molar-refractivity contribution in [1.82, 2.24) is 10.0 Å². The van der Waals surface area contributed by atoms with Gasteiger partial charge in [0.2, 0.25) is 0 Å². The van der Waals surface area contributed by atoms with Gasteiger partial charge in [0, 0.05) is 4.58 Å². The second-order valence-corrected chi connectivity index (χ2v) is 1.13. The summed E-state index contributed by atoms with van der Waals surface area (Å²) >= 11 is 4.44. The van der Waals surface area contributed by atoms with Gasteiger partial charge in [-0.05, 0) is 0 Å². The Balaban J connectivity index is 2.32. The van der Waals surface area contributed by atoms with E-state index in [-0.39, 0.29) is 0 Å². The van der Waals surface area contributed by atoms with Crippen LogP contribution in [-0.2, 0) is 4.84 Å². The molecule has 4 heteroatoms. The minimum atomic E-state index is 1.08. The number of hydrazine groups is 1. The molecule has 0 bridgehead atoms. The normalized spacial score (nSPS) is 20.2. The summed E-state index contributed by atoms with van der Waals surface area (Å²) in [5.41, 5.74) is 2.56. The van der Waals surface area contributed by atoms with Crippen LogP contribution in [0.3, 0.4) is 0 Å². The first-order chi connectivity index (χ1) is 2.89. The Morgan fingerprint density at radius 1 is 1.83 bits per heavy atom. The summed E-state index contributed by atoms with van der Waals surface area (Å²) < 4.78 is 1.08. The zero-order chi connectivity index (χ0) is 4.41. The predicted octanol–water partition coefficient (Wildman–Crippen LogP) is 0.322. The molecule has 1 radical (unpaired) electrons. The summed E-state index contributed by atoms with van der Waals surface area (Å²) in [6.07, 6.45) is 3.07. The van der Waals surface area contributed by atoms with Gasteiger partial charge in [0.1, 0.15) is 6.26 Å². The van der Waals surface area contributed by atoms with Gasteiger partial charge in [-0.15, -0.1) is 0 Å². The van der Waals surface area contributed by atoms with Crippen LogP contribution in [0.15, 0.2) is 12.5 Å². The summed E-state index contributed by atoms with van der Waals surface area (Å²) in [4.78, 5) is 4.51. The largest absolute Gasteiger partial charge is 0.381 e. The molecule has 1 aliphatic heterocycles. The minimum Gasteiger partial charge on any atom is -0.381 e. The molecule has 0 aromatic carbocycles. The molecule has 0 fully saturated rings. The highest BCUT2D eigenvalue weighted by Crippen LogP contribution is 1.94. The molecule has 0 atom stereocenters. The predicted molar refractivity (Wildman–Crippen MR) is 22.8 cm³/mol. The Morgan fingerprint density at radius 2 is 2.67 bits per heavy atom. The van der Waals surface area contributed by atoms with Crippen LogP contribution in [0.2, 0.25) is 0 Å². The molecule has 0 unspecified atom stereocenters. The zero-order valence-corrected chi connectivity index (χ0v) is 3.73. The van der Waals surface area contributed by atoms with Gasteiger partial charge in [-0.1, -0.05) is 0 Å². The van der Waals surface area contributed by atoms with Crippen molar-refractivity contribution in [3.63, 3.8) is 0 Å². The van der Waals surface area contributed by atoms with E-state index in [9.17, 15) is 0 Å². The number of hydrogen-bond donors (Lipinski definition) is 1. The lowest BCUT2D eigenvalue weighted by molar-refractivity contribution is -0.00547. The third-order valence-corrected chi connectivity index (χ3v) is 0.596. The smallest absolute Gasteiger partial charge is 0.132 e. The third kappa shape index (κ3) is 0.580. The summed E-state index contributed by atoms with van der Waals surface area (Å²) in [5.74, 6) is 0. The maximum atomic E-state index is 4.51. The number of nitrogens with zero attached hydrogens (tertiary/aromatic N) is 1. The Labute approximate surface area is 41.0 Å². The molecule has 3 nitrogen and oxygen atoms in total. The van der Waals surface area contributed by atoms with Crippen LogP contribution in [0.1, 0.15) is 0 Å². The van der Waals surface area contributed by atoms with Crippen LogP contribution < -0.4 is 5.43 Å². The first kappa shape index (κ1) is 3.83. The highest BCUT2D eigenvalue weighted by molar-refractivity contribution is 7.77. The van der Waals surface area contributed by atoms with Gasteiger partial charge in [-0.25, -0.2) is 0 Å². The molecule has 6 heavy (non-hydrogen) atoms. The van der Waals surface area contributed by atoms with E-state index in [0.29, 0.717) is 0 Å². The van der Waals surface area contributed by atoms with Gasteiger partial charge in [0.25, 0.3) is 0 Å². The standard InChI is InChI=1S/C2H3N2OS/c6-4-3-1-2-5-4/h1-3H. The highest BCUT2D eigenvalue weighted by atomic mass is 32.1. The van der Waals surface area contributed by atoms with Gasteiger partial charge < -0.3 is 4.84 Å². The molecule has 0 aliphatic carbocycles. The number of rotatable bonds is 0. The number of hydrogen-bond acceptors (Lipinski definition) is 3. The van der Waals surface area contributed by atoms with Crippen molar-refractivity contribution in [3.05, 3.63) is 12.5 Å². The fourth-order valence-corrected chi connectivity index (χ4v) is 0.318. The Bertz CT molecular complexity index is 65.9. The van der Waals surface area contributed by atoms with E-state index >= 15 is 0 Å². The van der Waals surface area contributed by atoms with Crippen molar-refractivity contribution in [3.8, 4) is 0 Å². The van der Waals surface area contributed by atoms with Gasteiger partial charge in [-0.2, -0.15) is 0 Å². The topological polar surface area (TPSA) is 24.5 Å². The van der Waals surface area contributed by atoms with Gasteiger partial charge in [-0.3, -0.25) is 5.43 Å². The van der Waals surface area contributed by atoms with E-state index in [4.69, 9.17) is 0 Å².